The van der Waals surface area contributed by atoms with Gasteiger partial charge in [0.25, 0.3) is 0 Å². The molecule has 0 saturated heterocycles. The summed E-state index contributed by atoms with van der Waals surface area (Å²) in [5, 5.41) is 0.114. The standard InChI is InChI=1S/C17H18ClF2N/c1-17(2,12-6-8-13(19)9-7-12)15(21)10-11-4-3-5-14(20)16(11)18/h3-9,15H,10,21H2,1-2H3. The third-order valence-corrected chi connectivity index (χ3v) is 4.41. The lowest BCUT2D eigenvalue weighted by atomic mass is 9.76. The molecule has 112 valence electrons. The summed E-state index contributed by atoms with van der Waals surface area (Å²) in [5.41, 5.74) is 7.53. The van der Waals surface area contributed by atoms with Crippen LogP contribution < -0.4 is 5.73 Å². The molecule has 0 fully saturated rings. The molecule has 0 aliphatic rings. The van der Waals surface area contributed by atoms with Crippen LogP contribution in [0.15, 0.2) is 42.5 Å². The summed E-state index contributed by atoms with van der Waals surface area (Å²) < 4.78 is 26.5. The molecule has 1 atom stereocenters. The van der Waals surface area contributed by atoms with Crippen molar-refractivity contribution in [3.63, 3.8) is 0 Å². The van der Waals surface area contributed by atoms with Crippen LogP contribution in [0.25, 0.3) is 0 Å². The van der Waals surface area contributed by atoms with Gasteiger partial charge in [-0.2, -0.15) is 0 Å². The van der Waals surface area contributed by atoms with E-state index in [4.69, 9.17) is 17.3 Å². The molecule has 21 heavy (non-hydrogen) atoms. The van der Waals surface area contributed by atoms with Gasteiger partial charge in [0.05, 0.1) is 5.02 Å². The maximum atomic E-state index is 13.5. The van der Waals surface area contributed by atoms with Crippen LogP contribution in [0.4, 0.5) is 8.78 Å². The molecule has 1 unspecified atom stereocenters. The first-order chi connectivity index (χ1) is 9.82. The van der Waals surface area contributed by atoms with E-state index < -0.39 is 5.82 Å². The topological polar surface area (TPSA) is 26.0 Å². The lowest BCUT2D eigenvalue weighted by Gasteiger charge is -2.32. The van der Waals surface area contributed by atoms with Gasteiger partial charge in [0.2, 0.25) is 0 Å². The van der Waals surface area contributed by atoms with Crippen LogP contribution in [-0.4, -0.2) is 6.04 Å². The lowest BCUT2D eigenvalue weighted by molar-refractivity contribution is 0.405. The van der Waals surface area contributed by atoms with Crippen molar-refractivity contribution in [2.75, 3.05) is 0 Å². The van der Waals surface area contributed by atoms with E-state index >= 15 is 0 Å². The van der Waals surface area contributed by atoms with Crippen LogP contribution >= 0.6 is 11.6 Å². The number of hydrogen-bond acceptors (Lipinski definition) is 1. The summed E-state index contributed by atoms with van der Waals surface area (Å²) in [7, 11) is 0. The molecule has 2 N–H and O–H groups in total. The first-order valence-corrected chi connectivity index (χ1v) is 7.14. The summed E-state index contributed by atoms with van der Waals surface area (Å²) in [4.78, 5) is 0. The zero-order chi connectivity index (χ0) is 15.6. The van der Waals surface area contributed by atoms with E-state index in [2.05, 4.69) is 0 Å². The highest BCUT2D eigenvalue weighted by Crippen LogP contribution is 2.30. The van der Waals surface area contributed by atoms with Crippen LogP contribution in [0.1, 0.15) is 25.0 Å². The molecule has 0 saturated carbocycles. The Bertz CT molecular complexity index is 623. The van der Waals surface area contributed by atoms with Crippen LogP contribution in [0, 0.1) is 11.6 Å². The molecule has 2 aromatic carbocycles. The second-order valence-corrected chi connectivity index (χ2v) is 6.13. The highest BCUT2D eigenvalue weighted by atomic mass is 35.5. The Morgan fingerprint density at radius 2 is 1.71 bits per heavy atom. The molecule has 2 rings (SSSR count). The Balaban J connectivity index is 2.24. The SMILES string of the molecule is CC(C)(c1ccc(F)cc1)C(N)Cc1cccc(F)c1Cl. The number of nitrogens with two attached hydrogens (primary N) is 1. The fourth-order valence-corrected chi connectivity index (χ4v) is 2.49. The molecule has 0 radical (unpaired) electrons. The van der Waals surface area contributed by atoms with Crippen molar-refractivity contribution in [1.82, 2.24) is 0 Å². The average molecular weight is 310 g/mol. The zero-order valence-corrected chi connectivity index (χ0v) is 12.8. The number of benzene rings is 2. The maximum Gasteiger partial charge on any atom is 0.142 e. The summed E-state index contributed by atoms with van der Waals surface area (Å²) >= 11 is 5.97. The molecule has 2 aromatic rings. The van der Waals surface area contributed by atoms with Gasteiger partial charge < -0.3 is 5.73 Å². The molecule has 0 aromatic heterocycles. The van der Waals surface area contributed by atoms with Gasteiger partial charge in [0.1, 0.15) is 11.6 Å². The highest BCUT2D eigenvalue weighted by molar-refractivity contribution is 6.31. The van der Waals surface area contributed by atoms with Gasteiger partial charge in [-0.25, -0.2) is 8.78 Å². The minimum Gasteiger partial charge on any atom is -0.327 e. The van der Waals surface area contributed by atoms with Gasteiger partial charge in [0, 0.05) is 11.5 Å². The predicted molar refractivity (Wildman–Crippen MR) is 82.5 cm³/mol. The monoisotopic (exact) mass is 309 g/mol. The Morgan fingerprint density at radius 1 is 1.10 bits per heavy atom. The van der Waals surface area contributed by atoms with Gasteiger partial charge in [-0.3, -0.25) is 0 Å². The van der Waals surface area contributed by atoms with Crippen LogP contribution in [-0.2, 0) is 11.8 Å². The van der Waals surface area contributed by atoms with E-state index in [0.29, 0.717) is 12.0 Å². The van der Waals surface area contributed by atoms with Gasteiger partial charge >= 0.3 is 0 Å². The van der Waals surface area contributed by atoms with Gasteiger partial charge in [-0.15, -0.1) is 0 Å². The Hall–Kier alpha value is -1.45. The molecular weight excluding hydrogens is 292 g/mol. The van der Waals surface area contributed by atoms with Crippen molar-refractivity contribution in [3.8, 4) is 0 Å². The Morgan fingerprint density at radius 3 is 2.33 bits per heavy atom. The van der Waals surface area contributed by atoms with Gasteiger partial charge in [-0.1, -0.05) is 49.7 Å². The number of halogens is 3. The first kappa shape index (κ1) is 15.9. The quantitative estimate of drug-likeness (QED) is 0.886. The van der Waals surface area contributed by atoms with Gasteiger partial charge in [0.15, 0.2) is 0 Å². The summed E-state index contributed by atoms with van der Waals surface area (Å²) in [6.07, 6.45) is 0.445. The minimum absolute atomic E-state index is 0.114. The highest BCUT2D eigenvalue weighted by Gasteiger charge is 2.29. The summed E-state index contributed by atoms with van der Waals surface area (Å²) in [5.74, 6) is -0.725. The van der Waals surface area contributed by atoms with E-state index in [-0.39, 0.29) is 22.3 Å². The van der Waals surface area contributed by atoms with Crippen molar-refractivity contribution in [1.29, 1.82) is 0 Å². The Kier molecular flexibility index (Phi) is 4.64. The maximum absolute atomic E-state index is 13.5. The molecule has 0 spiro atoms. The molecule has 1 nitrogen and oxygen atoms in total. The molecular formula is C17H18ClF2N. The van der Waals surface area contributed by atoms with E-state index in [9.17, 15) is 8.78 Å². The first-order valence-electron chi connectivity index (χ1n) is 6.77. The van der Waals surface area contributed by atoms with E-state index in [1.165, 1.54) is 18.2 Å². The third kappa shape index (κ3) is 3.42. The summed E-state index contributed by atoms with van der Waals surface area (Å²) in [6, 6.07) is 10.7. The summed E-state index contributed by atoms with van der Waals surface area (Å²) in [6.45, 7) is 3.97. The van der Waals surface area contributed by atoms with E-state index in [1.807, 2.05) is 13.8 Å². The van der Waals surface area contributed by atoms with Crippen LogP contribution in [0.2, 0.25) is 5.02 Å². The fourth-order valence-electron chi connectivity index (χ4n) is 2.29. The second kappa shape index (κ2) is 6.12. The molecule has 0 amide bonds. The van der Waals surface area contributed by atoms with Crippen molar-refractivity contribution in [3.05, 3.63) is 70.2 Å². The largest absolute Gasteiger partial charge is 0.327 e. The van der Waals surface area contributed by atoms with E-state index in [1.54, 1.807) is 24.3 Å². The molecule has 0 bridgehead atoms. The van der Waals surface area contributed by atoms with Crippen molar-refractivity contribution in [2.45, 2.75) is 31.7 Å². The Labute approximate surface area is 128 Å². The fraction of sp³-hybridized carbons (Fsp3) is 0.294. The predicted octanol–water partition coefficient (Wildman–Crippen LogP) is 4.47. The number of rotatable bonds is 4. The minimum atomic E-state index is -0.444. The third-order valence-electron chi connectivity index (χ3n) is 3.99. The van der Waals surface area contributed by atoms with Crippen LogP contribution in [0.5, 0.6) is 0 Å². The van der Waals surface area contributed by atoms with Crippen LogP contribution in [0.3, 0.4) is 0 Å². The zero-order valence-electron chi connectivity index (χ0n) is 12.0. The van der Waals surface area contributed by atoms with Crippen molar-refractivity contribution in [2.24, 2.45) is 5.73 Å². The normalized spacial score (nSPS) is 13.2. The van der Waals surface area contributed by atoms with Crippen molar-refractivity contribution < 1.29 is 8.78 Å². The number of hydrogen-bond donors (Lipinski definition) is 1. The molecule has 4 heteroatoms. The molecule has 0 aliphatic carbocycles. The molecule has 0 heterocycles. The average Bonchev–Trinajstić information content (AvgIpc) is 2.44. The van der Waals surface area contributed by atoms with E-state index in [0.717, 1.165) is 5.56 Å². The molecule has 0 aliphatic heterocycles. The lowest BCUT2D eigenvalue weighted by Crippen LogP contribution is -2.42. The van der Waals surface area contributed by atoms with Crippen molar-refractivity contribution >= 4 is 11.6 Å². The van der Waals surface area contributed by atoms with Gasteiger partial charge in [-0.05, 0) is 35.7 Å². The smallest absolute Gasteiger partial charge is 0.142 e. The second-order valence-electron chi connectivity index (χ2n) is 5.75.